The summed E-state index contributed by atoms with van der Waals surface area (Å²) in [4.78, 5) is 0.776. The molecular weight excluding hydrogens is 348 g/mol. The van der Waals surface area contributed by atoms with Crippen LogP contribution in [0.4, 0.5) is 0 Å². The second-order valence-corrected chi connectivity index (χ2v) is 6.85. The van der Waals surface area contributed by atoms with Gasteiger partial charge < -0.3 is 9.47 Å². The van der Waals surface area contributed by atoms with E-state index in [1.165, 1.54) is 22.5 Å². The highest BCUT2D eigenvalue weighted by molar-refractivity contribution is 7.19. The third kappa shape index (κ3) is 2.90. The van der Waals surface area contributed by atoms with Gasteiger partial charge in [0.15, 0.2) is 17.3 Å². The van der Waals surface area contributed by atoms with Crippen molar-refractivity contribution in [3.63, 3.8) is 0 Å². The Hall–Kier alpha value is -2.93. The van der Waals surface area contributed by atoms with Crippen LogP contribution >= 0.6 is 11.3 Å². The molecule has 0 fully saturated rings. The van der Waals surface area contributed by atoms with E-state index in [1.54, 1.807) is 14.2 Å². The van der Waals surface area contributed by atoms with Gasteiger partial charge in [-0.15, -0.1) is 10.2 Å². The summed E-state index contributed by atoms with van der Waals surface area (Å²) in [5.41, 5.74) is 3.42. The van der Waals surface area contributed by atoms with Gasteiger partial charge >= 0.3 is 0 Å². The minimum atomic E-state index is 0.677. The lowest BCUT2D eigenvalue weighted by Crippen LogP contribution is -1.99. The van der Waals surface area contributed by atoms with Gasteiger partial charge in [-0.1, -0.05) is 35.6 Å². The molecule has 0 saturated carbocycles. The highest BCUT2D eigenvalue weighted by Gasteiger charge is 2.15. The first-order valence-electron chi connectivity index (χ1n) is 8.17. The Labute approximate surface area is 155 Å². The third-order valence-electron chi connectivity index (χ3n) is 4.30. The summed E-state index contributed by atoms with van der Waals surface area (Å²) in [5, 5.41) is 14.2. The second kappa shape index (κ2) is 6.76. The summed E-state index contributed by atoms with van der Waals surface area (Å²) in [6.45, 7) is 2.10. The SMILES string of the molecule is COc1ccc(-c2nn3c(Cc4ccccc4C)nnc3s2)cc1OC. The van der Waals surface area contributed by atoms with E-state index in [0.29, 0.717) is 17.9 Å². The first-order valence-corrected chi connectivity index (χ1v) is 8.99. The maximum atomic E-state index is 5.39. The number of nitrogens with zero attached hydrogens (tertiary/aromatic N) is 4. The fraction of sp³-hybridized carbons (Fsp3) is 0.211. The molecule has 0 aliphatic rings. The van der Waals surface area contributed by atoms with Crippen LogP contribution in [0.5, 0.6) is 11.5 Å². The molecule has 0 amide bonds. The van der Waals surface area contributed by atoms with Crippen molar-refractivity contribution in [2.75, 3.05) is 14.2 Å². The fourth-order valence-electron chi connectivity index (χ4n) is 2.83. The third-order valence-corrected chi connectivity index (χ3v) is 5.24. The lowest BCUT2D eigenvalue weighted by atomic mass is 10.1. The van der Waals surface area contributed by atoms with Crippen molar-refractivity contribution in [2.24, 2.45) is 0 Å². The van der Waals surface area contributed by atoms with Gasteiger partial charge in [-0.25, -0.2) is 0 Å². The molecule has 26 heavy (non-hydrogen) atoms. The van der Waals surface area contributed by atoms with Crippen LogP contribution in [0.2, 0.25) is 0 Å². The Balaban J connectivity index is 1.71. The van der Waals surface area contributed by atoms with Gasteiger partial charge in [0.25, 0.3) is 0 Å². The van der Waals surface area contributed by atoms with Gasteiger partial charge in [-0.3, -0.25) is 0 Å². The molecule has 6 nitrogen and oxygen atoms in total. The highest BCUT2D eigenvalue weighted by Crippen LogP contribution is 2.34. The maximum Gasteiger partial charge on any atom is 0.234 e. The predicted octanol–water partition coefficient (Wildman–Crippen LogP) is 3.77. The second-order valence-electron chi connectivity index (χ2n) is 5.89. The molecule has 7 heteroatoms. The Morgan fingerprint density at radius 1 is 1.00 bits per heavy atom. The summed E-state index contributed by atoms with van der Waals surface area (Å²) < 4.78 is 12.5. The van der Waals surface area contributed by atoms with Crippen molar-refractivity contribution < 1.29 is 9.47 Å². The van der Waals surface area contributed by atoms with Crippen LogP contribution in [0.25, 0.3) is 15.5 Å². The topological polar surface area (TPSA) is 61.5 Å². The normalized spacial score (nSPS) is 11.0. The van der Waals surface area contributed by atoms with Crippen LogP contribution in [-0.4, -0.2) is 34.0 Å². The van der Waals surface area contributed by atoms with Crippen molar-refractivity contribution in [3.05, 3.63) is 59.4 Å². The zero-order valence-electron chi connectivity index (χ0n) is 14.8. The van der Waals surface area contributed by atoms with E-state index < -0.39 is 0 Å². The molecule has 4 rings (SSSR count). The maximum absolute atomic E-state index is 5.39. The molecule has 0 radical (unpaired) electrons. The molecule has 0 aliphatic heterocycles. The number of fused-ring (bicyclic) bond motifs is 1. The molecule has 0 bridgehead atoms. The zero-order chi connectivity index (χ0) is 18.1. The van der Waals surface area contributed by atoms with Crippen LogP contribution in [0.1, 0.15) is 17.0 Å². The molecule has 0 spiro atoms. The first kappa shape index (κ1) is 16.5. The molecule has 0 N–H and O–H groups in total. The molecule has 2 heterocycles. The number of rotatable bonds is 5. The lowest BCUT2D eigenvalue weighted by molar-refractivity contribution is 0.355. The average Bonchev–Trinajstić information content (AvgIpc) is 3.25. The van der Waals surface area contributed by atoms with Crippen LogP contribution in [0, 0.1) is 6.92 Å². The number of ether oxygens (including phenoxy) is 2. The fourth-order valence-corrected chi connectivity index (χ4v) is 3.69. The monoisotopic (exact) mass is 366 g/mol. The molecule has 4 aromatic rings. The van der Waals surface area contributed by atoms with Crippen LogP contribution < -0.4 is 9.47 Å². The van der Waals surface area contributed by atoms with Gasteiger partial charge in [-0.05, 0) is 36.2 Å². The van der Waals surface area contributed by atoms with Gasteiger partial charge in [-0.2, -0.15) is 9.61 Å². The number of methoxy groups -OCH3 is 2. The summed E-state index contributed by atoms with van der Waals surface area (Å²) in [6.07, 6.45) is 0.697. The van der Waals surface area contributed by atoms with E-state index in [-0.39, 0.29) is 0 Å². The van der Waals surface area contributed by atoms with Gasteiger partial charge in [0.2, 0.25) is 4.96 Å². The van der Waals surface area contributed by atoms with Crippen LogP contribution in [-0.2, 0) is 6.42 Å². The van der Waals surface area contributed by atoms with E-state index in [0.717, 1.165) is 21.4 Å². The molecule has 0 aliphatic carbocycles. The lowest BCUT2D eigenvalue weighted by Gasteiger charge is -2.07. The zero-order valence-corrected chi connectivity index (χ0v) is 15.6. The molecule has 2 aromatic carbocycles. The van der Waals surface area contributed by atoms with E-state index >= 15 is 0 Å². The molecule has 0 saturated heterocycles. The van der Waals surface area contributed by atoms with Gasteiger partial charge in [0.1, 0.15) is 5.01 Å². The van der Waals surface area contributed by atoms with E-state index in [1.807, 2.05) is 34.8 Å². The summed E-state index contributed by atoms with van der Waals surface area (Å²) >= 11 is 1.50. The average molecular weight is 366 g/mol. The standard InChI is InChI=1S/C19H18N4O2S/c1-12-6-4-5-7-13(12)11-17-20-21-19-23(17)22-18(26-19)14-8-9-15(24-2)16(10-14)25-3/h4-10H,11H2,1-3H3. The van der Waals surface area contributed by atoms with Gasteiger partial charge in [0.05, 0.1) is 14.2 Å². The predicted molar refractivity (Wildman–Crippen MR) is 101 cm³/mol. The summed E-state index contributed by atoms with van der Waals surface area (Å²) in [7, 11) is 3.25. The molecular formula is C19H18N4O2S. The number of aromatic nitrogens is 4. The van der Waals surface area contributed by atoms with Crippen LogP contribution in [0.3, 0.4) is 0 Å². The van der Waals surface area contributed by atoms with Crippen LogP contribution in [0.15, 0.2) is 42.5 Å². The minimum Gasteiger partial charge on any atom is -0.493 e. The number of benzene rings is 2. The Morgan fingerprint density at radius 2 is 1.81 bits per heavy atom. The van der Waals surface area contributed by atoms with Gasteiger partial charge in [0, 0.05) is 12.0 Å². The molecule has 132 valence electrons. The summed E-state index contributed by atoms with van der Waals surface area (Å²) in [6, 6.07) is 14.1. The molecule has 0 unspecified atom stereocenters. The Bertz CT molecular complexity index is 1070. The minimum absolute atomic E-state index is 0.677. The number of hydrogen-bond donors (Lipinski definition) is 0. The summed E-state index contributed by atoms with van der Waals surface area (Å²) in [5.74, 6) is 2.20. The molecule has 0 atom stereocenters. The number of hydrogen-bond acceptors (Lipinski definition) is 6. The Morgan fingerprint density at radius 3 is 2.58 bits per heavy atom. The van der Waals surface area contributed by atoms with Crippen molar-refractivity contribution in [1.82, 2.24) is 19.8 Å². The van der Waals surface area contributed by atoms with Crippen molar-refractivity contribution in [1.29, 1.82) is 0 Å². The van der Waals surface area contributed by atoms with Crippen molar-refractivity contribution >= 4 is 16.3 Å². The first-order chi connectivity index (χ1) is 12.7. The smallest absolute Gasteiger partial charge is 0.234 e. The van der Waals surface area contributed by atoms with E-state index in [2.05, 4.69) is 29.3 Å². The Kier molecular flexibility index (Phi) is 4.30. The van der Waals surface area contributed by atoms with E-state index in [4.69, 9.17) is 14.6 Å². The largest absolute Gasteiger partial charge is 0.493 e. The van der Waals surface area contributed by atoms with Crippen molar-refractivity contribution in [2.45, 2.75) is 13.3 Å². The number of aryl methyl sites for hydroxylation is 1. The quantitative estimate of drug-likeness (QED) is 0.538. The molecule has 2 aromatic heterocycles. The van der Waals surface area contributed by atoms with E-state index in [9.17, 15) is 0 Å². The highest BCUT2D eigenvalue weighted by atomic mass is 32.1. The van der Waals surface area contributed by atoms with Crippen molar-refractivity contribution in [3.8, 4) is 22.1 Å².